The van der Waals surface area contributed by atoms with Gasteiger partial charge >= 0.3 is 0 Å². The Morgan fingerprint density at radius 1 is 1.16 bits per heavy atom. The highest BCUT2D eigenvalue weighted by atomic mass is 32.1. The average molecular weight is 439 g/mol. The van der Waals surface area contributed by atoms with E-state index in [0.717, 1.165) is 53.5 Å². The number of thiophene rings is 1. The van der Waals surface area contributed by atoms with E-state index in [2.05, 4.69) is 33.2 Å². The van der Waals surface area contributed by atoms with Crippen LogP contribution in [0, 0.1) is 6.92 Å². The number of piperidine rings is 1. The van der Waals surface area contributed by atoms with Gasteiger partial charge in [0.15, 0.2) is 5.82 Å². The van der Waals surface area contributed by atoms with Crippen molar-refractivity contribution in [1.82, 2.24) is 15.0 Å². The summed E-state index contributed by atoms with van der Waals surface area (Å²) in [7, 11) is 0. The summed E-state index contributed by atoms with van der Waals surface area (Å²) in [5.41, 5.74) is 2.26. The molecule has 3 aromatic rings. The molecule has 162 valence electrons. The van der Waals surface area contributed by atoms with Crippen LogP contribution in [0.15, 0.2) is 40.9 Å². The Morgan fingerprint density at radius 3 is 2.71 bits per heavy atom. The third kappa shape index (κ3) is 4.22. The lowest BCUT2D eigenvalue weighted by Crippen LogP contribution is -2.39. The molecule has 0 unspecified atom stereocenters. The lowest BCUT2D eigenvalue weighted by atomic mass is 9.97. The molecule has 0 N–H and O–H groups in total. The number of ether oxygens (including phenoxy) is 1. The van der Waals surface area contributed by atoms with Crippen LogP contribution in [-0.2, 0) is 4.74 Å². The summed E-state index contributed by atoms with van der Waals surface area (Å²) < 4.78 is 10.9. The first-order valence-corrected chi connectivity index (χ1v) is 11.6. The number of aryl methyl sites for hydroxylation is 1. The van der Waals surface area contributed by atoms with E-state index >= 15 is 0 Å². The average Bonchev–Trinajstić information content (AvgIpc) is 3.47. The van der Waals surface area contributed by atoms with E-state index in [9.17, 15) is 4.79 Å². The van der Waals surface area contributed by atoms with Crippen molar-refractivity contribution >= 4 is 22.2 Å². The SMILES string of the molecule is Cc1noc([C@@H]2CCCN(C(=O)c3cc(-c4ccccc4)c(N4CCOCC4)s3)C2)n1. The number of morpholine rings is 1. The molecule has 8 heteroatoms. The third-order valence-corrected chi connectivity index (χ3v) is 7.09. The molecule has 0 aliphatic carbocycles. The summed E-state index contributed by atoms with van der Waals surface area (Å²) in [5.74, 6) is 1.47. The fourth-order valence-electron chi connectivity index (χ4n) is 4.31. The fourth-order valence-corrected chi connectivity index (χ4v) is 5.51. The molecule has 2 fully saturated rings. The summed E-state index contributed by atoms with van der Waals surface area (Å²) in [6.07, 6.45) is 1.90. The van der Waals surface area contributed by atoms with Gasteiger partial charge in [-0.25, -0.2) is 0 Å². The predicted molar refractivity (Wildman–Crippen MR) is 120 cm³/mol. The Kier molecular flexibility index (Phi) is 5.74. The smallest absolute Gasteiger partial charge is 0.264 e. The molecule has 0 saturated carbocycles. The summed E-state index contributed by atoms with van der Waals surface area (Å²) in [4.78, 5) is 22.9. The van der Waals surface area contributed by atoms with Crippen LogP contribution in [0.5, 0.6) is 0 Å². The van der Waals surface area contributed by atoms with Gasteiger partial charge in [0, 0.05) is 31.7 Å². The number of nitrogens with zero attached hydrogens (tertiary/aromatic N) is 4. The van der Waals surface area contributed by atoms with Crippen LogP contribution >= 0.6 is 11.3 Å². The molecule has 4 heterocycles. The number of amides is 1. The van der Waals surface area contributed by atoms with Crippen molar-refractivity contribution < 1.29 is 14.1 Å². The van der Waals surface area contributed by atoms with Gasteiger partial charge < -0.3 is 19.1 Å². The zero-order chi connectivity index (χ0) is 21.2. The van der Waals surface area contributed by atoms with Gasteiger partial charge in [-0.15, -0.1) is 11.3 Å². The number of hydrogen-bond acceptors (Lipinski definition) is 7. The maximum atomic E-state index is 13.5. The zero-order valence-corrected chi connectivity index (χ0v) is 18.4. The van der Waals surface area contributed by atoms with Crippen LogP contribution in [0.4, 0.5) is 5.00 Å². The molecular formula is C23H26N4O3S. The maximum Gasteiger partial charge on any atom is 0.264 e. The van der Waals surface area contributed by atoms with Crippen molar-refractivity contribution in [2.24, 2.45) is 0 Å². The predicted octanol–water partition coefficient (Wildman–Crippen LogP) is 3.96. The highest BCUT2D eigenvalue weighted by molar-refractivity contribution is 7.18. The van der Waals surface area contributed by atoms with Crippen LogP contribution in [0.2, 0.25) is 0 Å². The highest BCUT2D eigenvalue weighted by Crippen LogP contribution is 2.40. The molecule has 2 saturated heterocycles. The van der Waals surface area contributed by atoms with E-state index in [-0.39, 0.29) is 11.8 Å². The Labute approximate surface area is 185 Å². The normalized spacial score (nSPS) is 19.6. The van der Waals surface area contributed by atoms with Gasteiger partial charge in [0.2, 0.25) is 5.89 Å². The van der Waals surface area contributed by atoms with Gasteiger partial charge in [0.05, 0.1) is 29.0 Å². The first kappa shape index (κ1) is 20.2. The molecule has 2 aromatic heterocycles. The Hall–Kier alpha value is -2.71. The zero-order valence-electron chi connectivity index (χ0n) is 17.6. The maximum absolute atomic E-state index is 13.5. The van der Waals surface area contributed by atoms with Crippen LogP contribution in [0.25, 0.3) is 11.1 Å². The van der Waals surface area contributed by atoms with Gasteiger partial charge in [-0.3, -0.25) is 4.79 Å². The Bertz CT molecular complexity index is 1040. The topological polar surface area (TPSA) is 71.7 Å². The van der Waals surface area contributed by atoms with Crippen LogP contribution in [0.3, 0.4) is 0 Å². The Balaban J connectivity index is 1.42. The van der Waals surface area contributed by atoms with Crippen molar-refractivity contribution in [1.29, 1.82) is 0 Å². The van der Waals surface area contributed by atoms with Crippen molar-refractivity contribution in [3.05, 3.63) is 53.0 Å². The van der Waals surface area contributed by atoms with Crippen LogP contribution < -0.4 is 4.90 Å². The third-order valence-electron chi connectivity index (χ3n) is 5.91. The second-order valence-corrected chi connectivity index (χ2v) is 9.10. The van der Waals surface area contributed by atoms with Crippen molar-refractivity contribution in [3.8, 4) is 11.1 Å². The van der Waals surface area contributed by atoms with E-state index < -0.39 is 0 Å². The minimum atomic E-state index is 0.0858. The van der Waals surface area contributed by atoms with E-state index in [1.807, 2.05) is 30.0 Å². The molecule has 5 rings (SSSR count). The highest BCUT2D eigenvalue weighted by Gasteiger charge is 2.31. The summed E-state index contributed by atoms with van der Waals surface area (Å²) in [6, 6.07) is 12.4. The van der Waals surface area contributed by atoms with Gasteiger partial charge in [-0.05, 0) is 31.4 Å². The standard InChI is InChI=1S/C23H26N4O3S/c1-16-24-21(30-25-16)18-8-5-9-27(15-18)22(28)20-14-19(17-6-3-2-4-7-17)23(31-20)26-10-12-29-13-11-26/h2-4,6-7,14,18H,5,8-13,15H2,1H3/t18-/m1/s1. The number of hydrogen-bond donors (Lipinski definition) is 0. The summed E-state index contributed by atoms with van der Waals surface area (Å²) >= 11 is 1.59. The lowest BCUT2D eigenvalue weighted by Gasteiger charge is -2.30. The Morgan fingerprint density at radius 2 is 1.97 bits per heavy atom. The van der Waals surface area contributed by atoms with E-state index in [4.69, 9.17) is 9.26 Å². The molecule has 7 nitrogen and oxygen atoms in total. The molecule has 2 aliphatic heterocycles. The quantitative estimate of drug-likeness (QED) is 0.614. The molecule has 0 bridgehead atoms. The van der Waals surface area contributed by atoms with Crippen LogP contribution in [-0.4, -0.2) is 60.3 Å². The molecule has 1 atom stereocenters. The summed E-state index contributed by atoms with van der Waals surface area (Å²) in [6.45, 7) is 6.31. The van der Waals surface area contributed by atoms with Crippen LogP contribution in [0.1, 0.15) is 40.1 Å². The largest absolute Gasteiger partial charge is 0.378 e. The number of aromatic nitrogens is 2. The molecule has 1 amide bonds. The number of rotatable bonds is 4. The number of carbonyl (C=O) groups excluding carboxylic acids is 1. The lowest BCUT2D eigenvalue weighted by molar-refractivity contribution is 0.0700. The van der Waals surface area contributed by atoms with Gasteiger partial charge in [0.1, 0.15) is 0 Å². The van der Waals surface area contributed by atoms with Crippen molar-refractivity contribution in [3.63, 3.8) is 0 Å². The fraction of sp³-hybridized carbons (Fsp3) is 0.435. The van der Waals surface area contributed by atoms with Crippen molar-refractivity contribution in [2.45, 2.75) is 25.7 Å². The van der Waals surface area contributed by atoms with Gasteiger partial charge in [0.25, 0.3) is 5.91 Å². The first-order valence-electron chi connectivity index (χ1n) is 10.8. The molecule has 0 radical (unpaired) electrons. The number of anilines is 1. The second kappa shape index (κ2) is 8.80. The summed E-state index contributed by atoms with van der Waals surface area (Å²) in [5, 5.41) is 5.07. The molecular weight excluding hydrogens is 412 g/mol. The van der Waals surface area contributed by atoms with E-state index in [0.29, 0.717) is 31.5 Å². The molecule has 0 spiro atoms. The minimum absolute atomic E-state index is 0.0858. The monoisotopic (exact) mass is 438 g/mol. The molecule has 1 aromatic carbocycles. The molecule has 2 aliphatic rings. The second-order valence-electron chi connectivity index (χ2n) is 8.07. The van der Waals surface area contributed by atoms with E-state index in [1.54, 1.807) is 11.3 Å². The number of benzene rings is 1. The van der Waals surface area contributed by atoms with Gasteiger partial charge in [-0.2, -0.15) is 4.98 Å². The first-order chi connectivity index (χ1) is 15.2. The number of carbonyl (C=O) groups is 1. The molecule has 31 heavy (non-hydrogen) atoms. The van der Waals surface area contributed by atoms with E-state index in [1.165, 1.54) is 0 Å². The van der Waals surface area contributed by atoms with Gasteiger partial charge in [-0.1, -0.05) is 35.5 Å². The number of likely N-dealkylation sites (tertiary alicyclic amines) is 1. The minimum Gasteiger partial charge on any atom is -0.378 e. The van der Waals surface area contributed by atoms with Crippen molar-refractivity contribution in [2.75, 3.05) is 44.3 Å².